The van der Waals surface area contributed by atoms with Crippen molar-refractivity contribution in [2.24, 2.45) is 0 Å². The van der Waals surface area contributed by atoms with E-state index in [9.17, 15) is 0 Å². The highest BCUT2D eigenvalue weighted by molar-refractivity contribution is 6.20. The Hall–Kier alpha value is -4.90. The van der Waals surface area contributed by atoms with E-state index in [-0.39, 0.29) is 0 Å². The Morgan fingerprint density at radius 1 is 0.634 bits per heavy atom. The summed E-state index contributed by atoms with van der Waals surface area (Å²) in [5.74, 6) is 1.80. The quantitative estimate of drug-likeness (QED) is 0.218. The number of aryl methyl sites for hydroxylation is 2. The summed E-state index contributed by atoms with van der Waals surface area (Å²) in [7, 11) is 0. The lowest BCUT2D eigenvalue weighted by Gasteiger charge is -2.23. The largest absolute Gasteiger partial charge is 0.489 e. The molecule has 200 valence electrons. The molecule has 0 radical (unpaired) electrons. The molecule has 0 saturated carbocycles. The van der Waals surface area contributed by atoms with Crippen LogP contribution in [0.2, 0.25) is 0 Å². The molecular formula is C36H29N3O2. The first-order chi connectivity index (χ1) is 20.3. The molecule has 0 amide bonds. The van der Waals surface area contributed by atoms with Crippen molar-refractivity contribution in [3.8, 4) is 0 Å². The number of nitrogens with zero attached hydrogens (tertiary/aromatic N) is 2. The van der Waals surface area contributed by atoms with Crippen LogP contribution in [0.25, 0.3) is 44.2 Å². The van der Waals surface area contributed by atoms with Gasteiger partial charge in [0, 0.05) is 21.7 Å². The lowest BCUT2D eigenvalue weighted by molar-refractivity contribution is 0.261. The normalized spacial score (nSPS) is 14.4. The van der Waals surface area contributed by atoms with Gasteiger partial charge in [-0.25, -0.2) is 4.98 Å². The van der Waals surface area contributed by atoms with E-state index in [1.54, 1.807) is 0 Å². The fraction of sp³-hybridized carbons (Fsp3) is 0.167. The summed E-state index contributed by atoms with van der Waals surface area (Å²) < 4.78 is 13.0. The van der Waals surface area contributed by atoms with Gasteiger partial charge in [0.1, 0.15) is 35.9 Å². The van der Waals surface area contributed by atoms with Crippen LogP contribution in [0, 0.1) is 0 Å². The van der Waals surface area contributed by atoms with E-state index in [1.165, 1.54) is 16.5 Å². The molecule has 2 aliphatic rings. The number of aromatic amines is 1. The van der Waals surface area contributed by atoms with Gasteiger partial charge in [0.05, 0.1) is 11.0 Å². The molecule has 0 atom stereocenters. The first kappa shape index (κ1) is 23.9. The van der Waals surface area contributed by atoms with Gasteiger partial charge in [-0.1, -0.05) is 78.9 Å². The molecule has 41 heavy (non-hydrogen) atoms. The van der Waals surface area contributed by atoms with Gasteiger partial charge in [0.15, 0.2) is 0 Å². The molecule has 5 heteroatoms. The number of benzene rings is 4. The third-order valence-corrected chi connectivity index (χ3v) is 8.25. The van der Waals surface area contributed by atoms with Crippen LogP contribution in [-0.2, 0) is 35.5 Å². The maximum Gasteiger partial charge on any atom is 0.141 e. The van der Waals surface area contributed by atoms with Crippen LogP contribution in [0.3, 0.4) is 0 Å². The zero-order chi connectivity index (χ0) is 27.2. The average molecular weight is 536 g/mol. The van der Waals surface area contributed by atoms with Gasteiger partial charge in [0.2, 0.25) is 0 Å². The van der Waals surface area contributed by atoms with E-state index >= 15 is 0 Å². The zero-order valence-corrected chi connectivity index (χ0v) is 22.7. The van der Waals surface area contributed by atoms with Crippen molar-refractivity contribution >= 4 is 44.2 Å². The number of H-pyrrole nitrogens is 1. The summed E-state index contributed by atoms with van der Waals surface area (Å²) >= 11 is 0. The number of allylic oxidation sites excluding steroid dienone is 2. The van der Waals surface area contributed by atoms with E-state index in [0.717, 1.165) is 86.9 Å². The molecule has 4 aromatic carbocycles. The van der Waals surface area contributed by atoms with Crippen LogP contribution in [-0.4, -0.2) is 15.2 Å². The van der Waals surface area contributed by atoms with Crippen LogP contribution >= 0.6 is 0 Å². The molecule has 6 aromatic rings. The number of hydrogen-bond donors (Lipinski definition) is 1. The van der Waals surface area contributed by atoms with Crippen molar-refractivity contribution in [1.82, 2.24) is 15.2 Å². The predicted octanol–water partition coefficient (Wildman–Crippen LogP) is 8.27. The smallest absolute Gasteiger partial charge is 0.141 e. The Morgan fingerprint density at radius 2 is 1.27 bits per heavy atom. The van der Waals surface area contributed by atoms with Gasteiger partial charge >= 0.3 is 0 Å². The summed E-state index contributed by atoms with van der Waals surface area (Å²) in [4.78, 5) is 5.27. The fourth-order valence-corrected chi connectivity index (χ4v) is 6.38. The Labute approximate surface area is 238 Å². The van der Waals surface area contributed by atoms with Crippen molar-refractivity contribution < 1.29 is 9.47 Å². The van der Waals surface area contributed by atoms with Gasteiger partial charge in [-0.15, -0.1) is 0 Å². The number of fused-ring (bicyclic) bond motifs is 10. The summed E-state index contributed by atoms with van der Waals surface area (Å²) in [5.41, 5.74) is 9.82. The summed E-state index contributed by atoms with van der Waals surface area (Å²) in [6.45, 7) is 1.04. The Bertz CT molecular complexity index is 1990. The average Bonchev–Trinajstić information content (AvgIpc) is 3.44. The second-order valence-electron chi connectivity index (χ2n) is 10.8. The first-order valence-electron chi connectivity index (χ1n) is 14.3. The molecular weight excluding hydrogens is 506 g/mol. The molecule has 0 aliphatic heterocycles. The van der Waals surface area contributed by atoms with E-state index in [0.29, 0.717) is 13.2 Å². The zero-order valence-electron chi connectivity index (χ0n) is 22.7. The Morgan fingerprint density at radius 3 is 2.02 bits per heavy atom. The second kappa shape index (κ2) is 9.93. The Balaban J connectivity index is 1.32. The van der Waals surface area contributed by atoms with Crippen molar-refractivity contribution in [3.05, 3.63) is 131 Å². The maximum atomic E-state index is 6.60. The number of rotatable bonds is 6. The van der Waals surface area contributed by atoms with E-state index in [1.807, 2.05) is 30.3 Å². The summed E-state index contributed by atoms with van der Waals surface area (Å²) in [6.07, 6.45) is 8.16. The van der Waals surface area contributed by atoms with Crippen molar-refractivity contribution in [3.63, 3.8) is 0 Å². The number of nitrogens with one attached hydrogen (secondary N) is 1. The minimum absolute atomic E-state index is 0.519. The first-order valence-corrected chi connectivity index (χ1v) is 14.3. The molecule has 1 N–H and O–H groups in total. The van der Waals surface area contributed by atoms with Gasteiger partial charge in [-0.2, -0.15) is 5.10 Å². The van der Waals surface area contributed by atoms with Crippen LogP contribution in [0.15, 0.2) is 97.1 Å². The van der Waals surface area contributed by atoms with E-state index < -0.39 is 0 Å². The number of para-hydroxylation sites is 1. The van der Waals surface area contributed by atoms with Crippen molar-refractivity contribution in [1.29, 1.82) is 0 Å². The van der Waals surface area contributed by atoms with Crippen molar-refractivity contribution in [2.45, 2.75) is 38.9 Å². The standard InChI is InChI=1S/C36H29N3O2/c1-3-11-23(12-4-1)21-40-29-19-9-16-26-31-27-17-10-20-30(41-22-24-13-5-2-6-14-24)34(27)37-35(31)36-33(32(26)29)25-15-7-8-18-28(25)38-39-36/h1-8,11-15,18-20,38H,9-10,16-17,21-22H2. The molecule has 0 bridgehead atoms. The highest BCUT2D eigenvalue weighted by Crippen LogP contribution is 2.45. The molecule has 2 aromatic heterocycles. The van der Waals surface area contributed by atoms with Crippen LogP contribution in [0.5, 0.6) is 0 Å². The van der Waals surface area contributed by atoms with Gasteiger partial charge in [-0.3, -0.25) is 5.10 Å². The third kappa shape index (κ3) is 4.08. The second-order valence-corrected chi connectivity index (χ2v) is 10.8. The summed E-state index contributed by atoms with van der Waals surface area (Å²) in [6, 6.07) is 29.1. The SMILES string of the molecule is C1=C(OCc2ccccc2)c2nc3c(c2CC1)c1c(c2c4ccccc4[nH]nc32)C(OCc2ccccc2)=CCC1. The number of aromatic nitrogens is 3. The highest BCUT2D eigenvalue weighted by Gasteiger charge is 2.30. The van der Waals surface area contributed by atoms with Crippen LogP contribution in [0.1, 0.15) is 46.4 Å². The number of ether oxygens (including phenoxy) is 2. The molecule has 5 nitrogen and oxygen atoms in total. The van der Waals surface area contributed by atoms with Crippen LogP contribution in [0.4, 0.5) is 0 Å². The highest BCUT2D eigenvalue weighted by atomic mass is 16.5. The number of hydrogen-bond acceptors (Lipinski definition) is 4. The summed E-state index contributed by atoms with van der Waals surface area (Å²) in [5, 5.41) is 11.7. The molecule has 0 saturated heterocycles. The van der Waals surface area contributed by atoms with Crippen LogP contribution < -0.4 is 0 Å². The monoisotopic (exact) mass is 535 g/mol. The molecule has 2 heterocycles. The maximum absolute atomic E-state index is 6.60. The molecule has 0 unspecified atom stereocenters. The molecule has 0 fully saturated rings. The molecule has 0 spiro atoms. The van der Waals surface area contributed by atoms with E-state index in [4.69, 9.17) is 19.6 Å². The molecule has 2 aliphatic carbocycles. The fourth-order valence-electron chi connectivity index (χ4n) is 6.38. The lowest BCUT2D eigenvalue weighted by atomic mass is 9.85. The van der Waals surface area contributed by atoms with Crippen molar-refractivity contribution in [2.75, 3.05) is 0 Å². The molecule has 8 rings (SSSR count). The Kier molecular flexibility index (Phi) is 5.80. The predicted molar refractivity (Wildman–Crippen MR) is 164 cm³/mol. The lowest BCUT2D eigenvalue weighted by Crippen LogP contribution is -2.07. The van der Waals surface area contributed by atoms with E-state index in [2.05, 4.69) is 71.8 Å². The minimum Gasteiger partial charge on any atom is -0.489 e. The minimum atomic E-state index is 0.519. The van der Waals surface area contributed by atoms with Gasteiger partial charge in [-0.05, 0) is 66.2 Å². The van der Waals surface area contributed by atoms with Gasteiger partial charge < -0.3 is 9.47 Å². The third-order valence-electron chi connectivity index (χ3n) is 8.25. The topological polar surface area (TPSA) is 60.0 Å². The van der Waals surface area contributed by atoms with Gasteiger partial charge in [0.25, 0.3) is 0 Å².